The molecular formula is C19H25F3N2O2. The van der Waals surface area contributed by atoms with E-state index in [1.807, 2.05) is 18.9 Å². The second kappa shape index (κ2) is 7.37. The van der Waals surface area contributed by atoms with Gasteiger partial charge in [-0.25, -0.2) is 4.79 Å². The van der Waals surface area contributed by atoms with Crippen molar-refractivity contribution in [1.82, 2.24) is 10.2 Å². The van der Waals surface area contributed by atoms with Crippen LogP contribution in [-0.4, -0.2) is 36.8 Å². The maximum absolute atomic E-state index is 12.6. The van der Waals surface area contributed by atoms with Gasteiger partial charge >= 0.3 is 12.2 Å². The maximum Gasteiger partial charge on any atom is 0.422 e. The van der Waals surface area contributed by atoms with E-state index >= 15 is 0 Å². The summed E-state index contributed by atoms with van der Waals surface area (Å²) < 4.78 is 41.2. The fourth-order valence-corrected chi connectivity index (χ4v) is 3.42. The van der Waals surface area contributed by atoms with Crippen LogP contribution in [0.1, 0.15) is 44.2 Å². The Labute approximate surface area is 151 Å². The van der Waals surface area contributed by atoms with Crippen LogP contribution in [0.2, 0.25) is 0 Å². The minimum atomic E-state index is -4.36. The van der Waals surface area contributed by atoms with Gasteiger partial charge in [0, 0.05) is 13.1 Å². The first-order valence-electron chi connectivity index (χ1n) is 9.07. The van der Waals surface area contributed by atoms with Crippen LogP contribution in [0, 0.1) is 11.8 Å². The minimum absolute atomic E-state index is 0.0984. The number of carbonyl (C=O) groups is 1. The van der Waals surface area contributed by atoms with Crippen molar-refractivity contribution in [2.24, 2.45) is 11.8 Å². The van der Waals surface area contributed by atoms with Crippen molar-refractivity contribution in [3.63, 3.8) is 0 Å². The van der Waals surface area contributed by atoms with Gasteiger partial charge in [0.1, 0.15) is 5.75 Å². The summed E-state index contributed by atoms with van der Waals surface area (Å²) in [5, 5.41) is 2.98. The van der Waals surface area contributed by atoms with Crippen molar-refractivity contribution in [3.8, 4) is 5.75 Å². The predicted molar refractivity (Wildman–Crippen MR) is 91.9 cm³/mol. The third kappa shape index (κ3) is 5.05. The van der Waals surface area contributed by atoms with E-state index in [0.29, 0.717) is 17.9 Å². The highest BCUT2D eigenvalue weighted by Crippen LogP contribution is 2.46. The van der Waals surface area contributed by atoms with Crippen molar-refractivity contribution >= 4 is 6.03 Å². The number of urea groups is 1. The number of amides is 2. The van der Waals surface area contributed by atoms with Crippen molar-refractivity contribution < 1.29 is 22.7 Å². The van der Waals surface area contributed by atoms with E-state index in [4.69, 9.17) is 4.74 Å². The Balaban J connectivity index is 1.53. The summed E-state index contributed by atoms with van der Waals surface area (Å²) in [6.45, 7) is 0.549. The lowest BCUT2D eigenvalue weighted by Gasteiger charge is -2.30. The number of ether oxygens (including phenoxy) is 1. The van der Waals surface area contributed by atoms with Gasteiger partial charge in [0.2, 0.25) is 0 Å². The smallest absolute Gasteiger partial charge is 0.422 e. The molecule has 2 aliphatic rings. The molecule has 2 saturated carbocycles. The summed E-state index contributed by atoms with van der Waals surface area (Å²) in [4.78, 5) is 14.4. The Morgan fingerprint density at radius 2 is 1.73 bits per heavy atom. The van der Waals surface area contributed by atoms with Gasteiger partial charge in [-0.05, 0) is 62.1 Å². The van der Waals surface area contributed by atoms with E-state index in [2.05, 4.69) is 5.32 Å². The number of nitrogens with zero attached hydrogens (tertiary/aromatic N) is 1. The second-order valence-corrected chi connectivity index (χ2v) is 7.42. The molecule has 1 N–H and O–H groups in total. The molecule has 7 heteroatoms. The zero-order chi connectivity index (χ0) is 18.9. The number of nitrogens with one attached hydrogen (secondary N) is 1. The lowest BCUT2D eigenvalue weighted by atomic mass is 10.1. The topological polar surface area (TPSA) is 41.6 Å². The highest BCUT2D eigenvalue weighted by atomic mass is 19.4. The first-order chi connectivity index (χ1) is 12.2. The molecule has 0 aromatic heterocycles. The molecule has 2 amide bonds. The Morgan fingerprint density at radius 3 is 2.19 bits per heavy atom. The lowest BCUT2D eigenvalue weighted by Crippen LogP contribution is -2.46. The van der Waals surface area contributed by atoms with Crippen molar-refractivity contribution in [2.75, 3.05) is 13.7 Å². The Kier molecular flexibility index (Phi) is 5.34. The van der Waals surface area contributed by atoms with Gasteiger partial charge in [-0.2, -0.15) is 13.2 Å². The van der Waals surface area contributed by atoms with Crippen LogP contribution in [0.25, 0.3) is 0 Å². The van der Waals surface area contributed by atoms with E-state index in [-0.39, 0.29) is 17.8 Å². The van der Waals surface area contributed by atoms with Gasteiger partial charge in [0.05, 0.1) is 6.04 Å². The normalized spacial score (nSPS) is 18.5. The SMILES string of the molecule is CC(NC(=O)N(C)C(C1CC1)C1CC1)c1ccc(OCC(F)(F)F)cc1. The number of hydrogen-bond acceptors (Lipinski definition) is 2. The zero-order valence-corrected chi connectivity index (χ0v) is 15.1. The fourth-order valence-electron chi connectivity index (χ4n) is 3.42. The van der Waals surface area contributed by atoms with Gasteiger partial charge in [0.25, 0.3) is 0 Å². The number of rotatable bonds is 7. The number of alkyl halides is 3. The molecule has 1 aromatic carbocycles. The molecule has 3 rings (SSSR count). The van der Waals surface area contributed by atoms with Gasteiger partial charge in [0.15, 0.2) is 6.61 Å². The largest absolute Gasteiger partial charge is 0.484 e. The molecule has 0 saturated heterocycles. The van der Waals surface area contributed by atoms with E-state index in [1.54, 1.807) is 12.1 Å². The number of hydrogen-bond donors (Lipinski definition) is 1. The van der Waals surface area contributed by atoms with Crippen LogP contribution < -0.4 is 10.1 Å². The van der Waals surface area contributed by atoms with E-state index < -0.39 is 12.8 Å². The number of carbonyl (C=O) groups excluding carboxylic acids is 1. The molecule has 0 aliphatic heterocycles. The Morgan fingerprint density at radius 1 is 1.19 bits per heavy atom. The Hall–Kier alpha value is -1.92. The fraction of sp³-hybridized carbons (Fsp3) is 0.632. The van der Waals surface area contributed by atoms with Crippen molar-refractivity contribution in [2.45, 2.75) is 50.9 Å². The maximum atomic E-state index is 12.6. The molecule has 0 radical (unpaired) electrons. The average molecular weight is 370 g/mol. The Bertz CT molecular complexity index is 613. The lowest BCUT2D eigenvalue weighted by molar-refractivity contribution is -0.153. The third-order valence-corrected chi connectivity index (χ3v) is 5.10. The van der Waals surface area contributed by atoms with E-state index in [9.17, 15) is 18.0 Å². The standard InChI is InChI=1S/C19H25F3N2O2/c1-12(13-7-9-16(10-8-13)26-11-19(20,21)22)23-18(25)24(2)17(14-3-4-14)15-5-6-15/h7-10,12,14-15,17H,3-6,11H2,1-2H3,(H,23,25). The number of halogens is 3. The quantitative estimate of drug-likeness (QED) is 0.767. The van der Waals surface area contributed by atoms with Crippen LogP contribution in [0.3, 0.4) is 0 Å². The predicted octanol–water partition coefficient (Wildman–Crippen LogP) is 4.52. The van der Waals surface area contributed by atoms with Crippen molar-refractivity contribution in [1.29, 1.82) is 0 Å². The molecule has 4 nitrogen and oxygen atoms in total. The molecule has 1 unspecified atom stereocenters. The average Bonchev–Trinajstić information content (AvgIpc) is 3.47. The molecule has 26 heavy (non-hydrogen) atoms. The molecule has 1 aromatic rings. The summed E-state index contributed by atoms with van der Waals surface area (Å²) in [7, 11) is 1.86. The summed E-state index contributed by atoms with van der Waals surface area (Å²) >= 11 is 0. The van der Waals surface area contributed by atoms with Gasteiger partial charge in [-0.15, -0.1) is 0 Å². The third-order valence-electron chi connectivity index (χ3n) is 5.10. The van der Waals surface area contributed by atoms with Crippen LogP contribution in [-0.2, 0) is 0 Å². The van der Waals surface area contributed by atoms with E-state index in [1.165, 1.54) is 37.8 Å². The molecule has 2 fully saturated rings. The van der Waals surface area contributed by atoms with Crippen LogP contribution in [0.4, 0.5) is 18.0 Å². The molecule has 0 spiro atoms. The molecule has 1 atom stereocenters. The molecule has 2 aliphatic carbocycles. The first kappa shape index (κ1) is 18.9. The van der Waals surface area contributed by atoms with E-state index in [0.717, 1.165) is 5.56 Å². The monoisotopic (exact) mass is 370 g/mol. The summed E-state index contributed by atoms with van der Waals surface area (Å²) in [5.74, 6) is 1.43. The van der Waals surface area contributed by atoms with Gasteiger partial charge in [-0.1, -0.05) is 12.1 Å². The molecule has 144 valence electrons. The molecular weight excluding hydrogens is 345 g/mol. The summed E-state index contributed by atoms with van der Waals surface area (Å²) in [6, 6.07) is 6.33. The van der Waals surface area contributed by atoms with Gasteiger partial charge in [-0.3, -0.25) is 0 Å². The van der Waals surface area contributed by atoms with Crippen LogP contribution in [0.5, 0.6) is 5.75 Å². The molecule has 0 heterocycles. The molecule has 0 bridgehead atoms. The summed E-state index contributed by atoms with van der Waals surface area (Å²) in [5.41, 5.74) is 0.820. The van der Waals surface area contributed by atoms with Crippen molar-refractivity contribution in [3.05, 3.63) is 29.8 Å². The highest BCUT2D eigenvalue weighted by molar-refractivity contribution is 5.75. The summed E-state index contributed by atoms with van der Waals surface area (Å²) in [6.07, 6.45) is 0.451. The van der Waals surface area contributed by atoms with Crippen LogP contribution in [0.15, 0.2) is 24.3 Å². The zero-order valence-electron chi connectivity index (χ0n) is 15.1. The number of benzene rings is 1. The first-order valence-corrected chi connectivity index (χ1v) is 9.07. The van der Waals surface area contributed by atoms with Crippen LogP contribution >= 0.6 is 0 Å². The minimum Gasteiger partial charge on any atom is -0.484 e. The van der Waals surface area contributed by atoms with Gasteiger partial charge < -0.3 is 15.0 Å². The highest BCUT2D eigenvalue weighted by Gasteiger charge is 2.45. The second-order valence-electron chi connectivity index (χ2n) is 7.42.